The van der Waals surface area contributed by atoms with Crippen LogP contribution in [-0.2, 0) is 11.2 Å². The molecule has 38 heavy (non-hydrogen) atoms. The molecule has 11 heteroatoms. The molecule has 202 valence electrons. The summed E-state index contributed by atoms with van der Waals surface area (Å²) in [6.45, 7) is 6.60. The average Bonchev–Trinajstić information content (AvgIpc) is 3.47. The lowest BCUT2D eigenvalue weighted by atomic mass is 10.1. The number of imidazole rings is 1. The van der Waals surface area contributed by atoms with E-state index >= 15 is 0 Å². The van der Waals surface area contributed by atoms with E-state index in [1.54, 1.807) is 35.3 Å². The summed E-state index contributed by atoms with van der Waals surface area (Å²) in [5.74, 6) is 1.98. The first-order valence-corrected chi connectivity index (χ1v) is 13.0. The van der Waals surface area contributed by atoms with E-state index in [9.17, 15) is 9.59 Å². The van der Waals surface area contributed by atoms with Crippen LogP contribution in [0.2, 0.25) is 0 Å². The fourth-order valence-electron chi connectivity index (χ4n) is 4.46. The van der Waals surface area contributed by atoms with Gasteiger partial charge in [-0.05, 0) is 37.5 Å². The molecule has 11 nitrogen and oxygen atoms in total. The second-order valence-electron chi connectivity index (χ2n) is 9.31. The maximum atomic E-state index is 13.0. The number of aryl methyl sites for hydroxylation is 1. The molecule has 1 fully saturated rings. The van der Waals surface area contributed by atoms with E-state index in [2.05, 4.69) is 25.5 Å². The quantitative estimate of drug-likeness (QED) is 0.421. The van der Waals surface area contributed by atoms with E-state index in [1.165, 1.54) is 0 Å². The lowest BCUT2D eigenvalue weighted by Crippen LogP contribution is -2.58. The van der Waals surface area contributed by atoms with Crippen LogP contribution < -0.4 is 20.3 Å². The van der Waals surface area contributed by atoms with Crippen molar-refractivity contribution in [1.29, 1.82) is 0 Å². The fourth-order valence-corrected chi connectivity index (χ4v) is 4.46. The topological polar surface area (TPSA) is 118 Å². The Morgan fingerprint density at radius 2 is 1.92 bits per heavy atom. The number of benzene rings is 1. The Labute approximate surface area is 223 Å². The molecule has 3 aromatic rings. The molecule has 1 aliphatic rings. The first-order valence-electron chi connectivity index (χ1n) is 13.0. The summed E-state index contributed by atoms with van der Waals surface area (Å²) in [7, 11) is 1.64. The first-order chi connectivity index (χ1) is 18.5. The number of aromatic nitrogens is 4. The third kappa shape index (κ3) is 6.99. The van der Waals surface area contributed by atoms with Crippen LogP contribution in [0, 0.1) is 6.92 Å². The minimum atomic E-state index is -0.234. The van der Waals surface area contributed by atoms with Crippen LogP contribution >= 0.6 is 0 Å². The summed E-state index contributed by atoms with van der Waals surface area (Å²) in [6, 6.07) is 9.40. The minimum Gasteiger partial charge on any atom is -0.497 e. The van der Waals surface area contributed by atoms with Gasteiger partial charge in [-0.1, -0.05) is 19.1 Å². The third-order valence-corrected chi connectivity index (χ3v) is 6.47. The van der Waals surface area contributed by atoms with Crippen molar-refractivity contribution in [2.24, 2.45) is 0 Å². The molecule has 4 rings (SSSR count). The number of nitrogens with one attached hydrogen (secondary N) is 2. The lowest BCUT2D eigenvalue weighted by Gasteiger charge is -2.42. The maximum absolute atomic E-state index is 13.0. The van der Waals surface area contributed by atoms with Gasteiger partial charge in [-0.2, -0.15) is 4.98 Å². The second-order valence-corrected chi connectivity index (χ2v) is 9.31. The van der Waals surface area contributed by atoms with Gasteiger partial charge in [0.05, 0.1) is 13.2 Å². The number of carbonyl (C=O) groups excluding carboxylic acids is 2. The van der Waals surface area contributed by atoms with Gasteiger partial charge in [0.25, 0.3) is 0 Å². The lowest BCUT2D eigenvalue weighted by molar-refractivity contribution is -0.121. The van der Waals surface area contributed by atoms with Crippen molar-refractivity contribution in [2.45, 2.75) is 39.2 Å². The zero-order valence-electron chi connectivity index (χ0n) is 22.3. The van der Waals surface area contributed by atoms with Crippen molar-refractivity contribution in [3.63, 3.8) is 0 Å². The van der Waals surface area contributed by atoms with Crippen molar-refractivity contribution >= 4 is 17.8 Å². The van der Waals surface area contributed by atoms with E-state index in [4.69, 9.17) is 9.72 Å². The zero-order chi connectivity index (χ0) is 26.9. The summed E-state index contributed by atoms with van der Waals surface area (Å²) in [5.41, 5.74) is 1.93. The average molecular weight is 521 g/mol. The number of ether oxygens (including phenoxy) is 1. The highest BCUT2D eigenvalue weighted by Crippen LogP contribution is 2.23. The molecule has 1 aliphatic heterocycles. The Bertz CT molecular complexity index is 1200. The second kappa shape index (κ2) is 12.9. The van der Waals surface area contributed by atoms with Crippen molar-refractivity contribution in [1.82, 2.24) is 35.1 Å². The van der Waals surface area contributed by atoms with Gasteiger partial charge in [0, 0.05) is 63.3 Å². The van der Waals surface area contributed by atoms with E-state index in [1.807, 2.05) is 44.2 Å². The molecule has 0 bridgehead atoms. The number of amides is 3. The summed E-state index contributed by atoms with van der Waals surface area (Å²) < 4.78 is 6.96. The summed E-state index contributed by atoms with van der Waals surface area (Å²) in [4.78, 5) is 43.0. The highest BCUT2D eigenvalue weighted by molar-refractivity contribution is 5.78. The Morgan fingerprint density at radius 3 is 2.63 bits per heavy atom. The first kappa shape index (κ1) is 26.9. The van der Waals surface area contributed by atoms with Gasteiger partial charge in [0.1, 0.15) is 17.9 Å². The number of hydrogen-bond donors (Lipinski definition) is 2. The number of carbonyl (C=O) groups is 2. The molecule has 1 saturated heterocycles. The van der Waals surface area contributed by atoms with Crippen LogP contribution in [0.25, 0.3) is 5.95 Å². The molecule has 3 heterocycles. The van der Waals surface area contributed by atoms with Gasteiger partial charge in [-0.15, -0.1) is 0 Å². The minimum absolute atomic E-state index is 0.0649. The SMILES string of the molecule is CCCNC(=O)N1CCN(c2cc(C)nc(-n3ccnc3)n2)C(CC(=O)NCCc2ccc(OC)cc2)C1. The molecular weight excluding hydrogens is 484 g/mol. The smallest absolute Gasteiger partial charge is 0.317 e. The van der Waals surface area contributed by atoms with Crippen molar-refractivity contribution < 1.29 is 14.3 Å². The van der Waals surface area contributed by atoms with Crippen molar-refractivity contribution in [3.8, 4) is 11.7 Å². The summed E-state index contributed by atoms with van der Waals surface area (Å²) in [5, 5.41) is 5.99. The van der Waals surface area contributed by atoms with Gasteiger partial charge in [0.2, 0.25) is 11.9 Å². The van der Waals surface area contributed by atoms with E-state index in [-0.39, 0.29) is 24.4 Å². The Balaban J connectivity index is 1.46. The number of anilines is 1. The molecule has 1 unspecified atom stereocenters. The highest BCUT2D eigenvalue weighted by atomic mass is 16.5. The van der Waals surface area contributed by atoms with Crippen LogP contribution in [0.4, 0.5) is 10.6 Å². The van der Waals surface area contributed by atoms with E-state index in [0.717, 1.165) is 35.7 Å². The third-order valence-electron chi connectivity index (χ3n) is 6.47. The summed E-state index contributed by atoms with van der Waals surface area (Å²) in [6.07, 6.45) is 6.95. The van der Waals surface area contributed by atoms with E-state index < -0.39 is 0 Å². The predicted molar refractivity (Wildman–Crippen MR) is 145 cm³/mol. The number of piperazine rings is 1. The molecule has 0 radical (unpaired) electrons. The van der Waals surface area contributed by atoms with Gasteiger partial charge >= 0.3 is 6.03 Å². The van der Waals surface area contributed by atoms with Crippen molar-refractivity contribution in [2.75, 3.05) is 44.7 Å². The van der Waals surface area contributed by atoms with Crippen molar-refractivity contribution in [3.05, 3.63) is 60.3 Å². The van der Waals surface area contributed by atoms with Gasteiger partial charge in [-0.25, -0.2) is 14.8 Å². The maximum Gasteiger partial charge on any atom is 0.317 e. The highest BCUT2D eigenvalue weighted by Gasteiger charge is 2.32. The van der Waals surface area contributed by atoms with Gasteiger partial charge in [0.15, 0.2) is 0 Å². The van der Waals surface area contributed by atoms with Gasteiger partial charge < -0.3 is 25.2 Å². The van der Waals surface area contributed by atoms with Crippen LogP contribution in [0.1, 0.15) is 31.0 Å². The summed E-state index contributed by atoms with van der Waals surface area (Å²) >= 11 is 0. The van der Waals surface area contributed by atoms with Crippen LogP contribution in [-0.4, -0.2) is 82.2 Å². The fraction of sp³-hybridized carbons (Fsp3) is 0.444. The van der Waals surface area contributed by atoms with Crippen LogP contribution in [0.5, 0.6) is 5.75 Å². The number of urea groups is 1. The molecule has 1 atom stereocenters. The molecule has 3 amide bonds. The molecule has 0 saturated carbocycles. The normalized spacial score (nSPS) is 15.3. The molecule has 2 aromatic heterocycles. The molecule has 2 N–H and O–H groups in total. The standard InChI is InChI=1S/C27H36N8O3/c1-4-10-30-27(37)33-14-15-35(24-16-20(2)31-26(32-24)34-13-12-28-19-34)22(18-33)17-25(36)29-11-9-21-5-7-23(38-3)8-6-21/h5-8,12-13,16,19,22H,4,9-11,14-15,17-18H2,1-3H3,(H,29,36)(H,30,37). The number of rotatable bonds is 10. The molecular formula is C27H36N8O3. The number of nitrogens with zero attached hydrogens (tertiary/aromatic N) is 6. The van der Waals surface area contributed by atoms with E-state index in [0.29, 0.717) is 38.7 Å². The molecule has 0 aliphatic carbocycles. The largest absolute Gasteiger partial charge is 0.497 e. The molecule has 1 aromatic carbocycles. The zero-order valence-corrected chi connectivity index (χ0v) is 22.3. The monoisotopic (exact) mass is 520 g/mol. The van der Waals surface area contributed by atoms with Crippen LogP contribution in [0.3, 0.4) is 0 Å². The predicted octanol–water partition coefficient (Wildman–Crippen LogP) is 2.34. The Morgan fingerprint density at radius 1 is 1.11 bits per heavy atom. The Hall–Kier alpha value is -4.15. The number of hydrogen-bond acceptors (Lipinski definition) is 7. The van der Waals surface area contributed by atoms with Gasteiger partial charge in [-0.3, -0.25) is 9.36 Å². The number of methoxy groups -OCH3 is 1. The molecule has 0 spiro atoms. The van der Waals surface area contributed by atoms with Crippen LogP contribution in [0.15, 0.2) is 49.1 Å². The Kier molecular flexibility index (Phi) is 9.12.